The van der Waals surface area contributed by atoms with Crippen LogP contribution in [0.25, 0.3) is 0 Å². The van der Waals surface area contributed by atoms with Crippen molar-refractivity contribution in [1.29, 1.82) is 0 Å². The van der Waals surface area contributed by atoms with Crippen LogP contribution >= 0.6 is 0 Å². The lowest BCUT2D eigenvalue weighted by molar-refractivity contribution is 0.0978. The average Bonchev–Trinajstić information content (AvgIpc) is 2.17. The summed E-state index contributed by atoms with van der Waals surface area (Å²) < 4.78 is 5.25. The quantitative estimate of drug-likeness (QED) is 0.756. The van der Waals surface area contributed by atoms with E-state index in [4.69, 9.17) is 4.74 Å². The summed E-state index contributed by atoms with van der Waals surface area (Å²) in [5, 5.41) is 18.7. The molecule has 0 spiro atoms. The normalized spacial score (nSPS) is 12.4. The summed E-state index contributed by atoms with van der Waals surface area (Å²) in [6.45, 7) is 2.23. The molecule has 0 saturated carbocycles. The predicted molar refractivity (Wildman–Crippen MR) is 54.5 cm³/mol. The summed E-state index contributed by atoms with van der Waals surface area (Å²) in [7, 11) is 0. The Hall–Kier alpha value is -1.22. The largest absolute Gasteiger partial charge is 0.504 e. The molecule has 14 heavy (non-hydrogen) atoms. The van der Waals surface area contributed by atoms with Crippen molar-refractivity contribution < 1.29 is 14.9 Å². The zero-order valence-electron chi connectivity index (χ0n) is 8.31. The fourth-order valence-corrected chi connectivity index (χ4v) is 1.18. The van der Waals surface area contributed by atoms with E-state index in [2.05, 4.69) is 0 Å². The number of phenols is 1. The molecule has 1 unspecified atom stereocenters. The molecule has 0 radical (unpaired) electrons. The maximum absolute atomic E-state index is 9.39. The van der Waals surface area contributed by atoms with Gasteiger partial charge in [-0.1, -0.05) is 25.5 Å². The second-order valence-electron chi connectivity index (χ2n) is 3.22. The lowest BCUT2D eigenvalue weighted by Gasteiger charge is -2.11. The Kier molecular flexibility index (Phi) is 4.26. The summed E-state index contributed by atoms with van der Waals surface area (Å²) >= 11 is 0. The molecule has 3 heteroatoms. The summed E-state index contributed by atoms with van der Waals surface area (Å²) in [4.78, 5) is 0. The Morgan fingerprint density at radius 3 is 2.71 bits per heavy atom. The van der Waals surface area contributed by atoms with E-state index >= 15 is 0 Å². The van der Waals surface area contributed by atoms with Gasteiger partial charge in [0.25, 0.3) is 0 Å². The SMILES string of the molecule is CCCC(O)COc1ccccc1O. The van der Waals surface area contributed by atoms with Crippen LogP contribution in [0.4, 0.5) is 0 Å². The number of hydrogen-bond donors (Lipinski definition) is 2. The minimum Gasteiger partial charge on any atom is -0.504 e. The first-order valence-electron chi connectivity index (χ1n) is 4.83. The van der Waals surface area contributed by atoms with Crippen molar-refractivity contribution in [2.45, 2.75) is 25.9 Å². The molecule has 0 aliphatic rings. The molecule has 0 aliphatic heterocycles. The first-order valence-corrected chi connectivity index (χ1v) is 4.83. The van der Waals surface area contributed by atoms with Crippen LogP contribution < -0.4 is 4.74 Å². The standard InChI is InChI=1S/C11H16O3/c1-2-5-9(12)8-14-11-7-4-3-6-10(11)13/h3-4,6-7,9,12-13H,2,5,8H2,1H3. The third-order valence-corrected chi connectivity index (χ3v) is 1.92. The van der Waals surface area contributed by atoms with Gasteiger partial charge in [-0.3, -0.25) is 0 Å². The Balaban J connectivity index is 2.41. The number of phenolic OH excluding ortho intramolecular Hbond substituents is 1. The van der Waals surface area contributed by atoms with Crippen molar-refractivity contribution in [3.05, 3.63) is 24.3 Å². The van der Waals surface area contributed by atoms with Crippen LogP contribution in [0.5, 0.6) is 11.5 Å². The van der Waals surface area contributed by atoms with E-state index in [-0.39, 0.29) is 12.4 Å². The van der Waals surface area contributed by atoms with Gasteiger partial charge in [0.15, 0.2) is 11.5 Å². The van der Waals surface area contributed by atoms with Gasteiger partial charge in [0, 0.05) is 0 Å². The molecule has 1 aromatic carbocycles. The molecule has 1 atom stereocenters. The number of rotatable bonds is 5. The zero-order chi connectivity index (χ0) is 10.4. The molecule has 2 N–H and O–H groups in total. The highest BCUT2D eigenvalue weighted by atomic mass is 16.5. The van der Waals surface area contributed by atoms with Crippen molar-refractivity contribution in [2.24, 2.45) is 0 Å². The third kappa shape index (κ3) is 3.26. The van der Waals surface area contributed by atoms with Gasteiger partial charge in [-0.2, -0.15) is 0 Å². The number of ether oxygens (including phenoxy) is 1. The van der Waals surface area contributed by atoms with Gasteiger partial charge in [-0.05, 0) is 18.6 Å². The number of aromatic hydroxyl groups is 1. The number of para-hydroxylation sites is 2. The fourth-order valence-electron chi connectivity index (χ4n) is 1.18. The topological polar surface area (TPSA) is 49.7 Å². The van der Waals surface area contributed by atoms with Crippen molar-refractivity contribution in [3.63, 3.8) is 0 Å². The summed E-state index contributed by atoms with van der Waals surface area (Å²) in [5.41, 5.74) is 0. The number of aliphatic hydroxyl groups excluding tert-OH is 1. The molecule has 0 fully saturated rings. The molecule has 0 aliphatic carbocycles. The molecule has 0 saturated heterocycles. The summed E-state index contributed by atoms with van der Waals surface area (Å²) in [6.07, 6.45) is 1.18. The highest BCUT2D eigenvalue weighted by Crippen LogP contribution is 2.24. The first-order chi connectivity index (χ1) is 6.74. The van der Waals surface area contributed by atoms with E-state index in [0.29, 0.717) is 12.2 Å². The predicted octanol–water partition coefficient (Wildman–Crippen LogP) is 1.93. The monoisotopic (exact) mass is 196 g/mol. The number of aliphatic hydroxyl groups is 1. The molecule has 78 valence electrons. The van der Waals surface area contributed by atoms with Crippen LogP contribution in [0.3, 0.4) is 0 Å². The Morgan fingerprint density at radius 2 is 2.07 bits per heavy atom. The van der Waals surface area contributed by atoms with Crippen LogP contribution in [-0.2, 0) is 0 Å². The molecular formula is C11H16O3. The summed E-state index contributed by atoms with van der Waals surface area (Å²) in [5.74, 6) is 0.527. The average molecular weight is 196 g/mol. The molecule has 1 aromatic rings. The smallest absolute Gasteiger partial charge is 0.161 e. The highest BCUT2D eigenvalue weighted by molar-refractivity contribution is 5.37. The lowest BCUT2D eigenvalue weighted by Crippen LogP contribution is -2.16. The molecule has 0 aromatic heterocycles. The van der Waals surface area contributed by atoms with Crippen LogP contribution in [0, 0.1) is 0 Å². The maximum atomic E-state index is 9.39. The molecule has 1 rings (SSSR count). The van der Waals surface area contributed by atoms with Crippen LogP contribution in [-0.4, -0.2) is 22.9 Å². The second-order valence-corrected chi connectivity index (χ2v) is 3.22. The number of benzene rings is 1. The van der Waals surface area contributed by atoms with E-state index in [9.17, 15) is 10.2 Å². The minimum atomic E-state index is -0.459. The van der Waals surface area contributed by atoms with E-state index in [1.807, 2.05) is 6.92 Å². The van der Waals surface area contributed by atoms with Crippen LogP contribution in [0.2, 0.25) is 0 Å². The minimum absolute atomic E-state index is 0.108. The van der Waals surface area contributed by atoms with Crippen molar-refractivity contribution in [1.82, 2.24) is 0 Å². The first kappa shape index (κ1) is 10.9. The number of hydrogen-bond acceptors (Lipinski definition) is 3. The van der Waals surface area contributed by atoms with Gasteiger partial charge in [-0.15, -0.1) is 0 Å². The molecule has 0 amide bonds. The van der Waals surface area contributed by atoms with Gasteiger partial charge >= 0.3 is 0 Å². The lowest BCUT2D eigenvalue weighted by atomic mass is 10.2. The van der Waals surface area contributed by atoms with Crippen molar-refractivity contribution in [2.75, 3.05) is 6.61 Å². The van der Waals surface area contributed by atoms with Gasteiger partial charge in [0.05, 0.1) is 6.10 Å². The van der Waals surface area contributed by atoms with Crippen LogP contribution in [0.1, 0.15) is 19.8 Å². The van der Waals surface area contributed by atoms with E-state index in [1.165, 1.54) is 0 Å². The van der Waals surface area contributed by atoms with Crippen molar-refractivity contribution >= 4 is 0 Å². The Morgan fingerprint density at radius 1 is 1.36 bits per heavy atom. The van der Waals surface area contributed by atoms with E-state index in [1.54, 1.807) is 24.3 Å². The molecule has 0 bridgehead atoms. The molecular weight excluding hydrogens is 180 g/mol. The van der Waals surface area contributed by atoms with Gasteiger partial charge in [-0.25, -0.2) is 0 Å². The van der Waals surface area contributed by atoms with Gasteiger partial charge in [0.2, 0.25) is 0 Å². The fraction of sp³-hybridized carbons (Fsp3) is 0.455. The third-order valence-electron chi connectivity index (χ3n) is 1.92. The second kappa shape index (κ2) is 5.50. The highest BCUT2D eigenvalue weighted by Gasteiger charge is 2.05. The summed E-state index contributed by atoms with van der Waals surface area (Å²) in [6, 6.07) is 6.74. The van der Waals surface area contributed by atoms with Gasteiger partial charge < -0.3 is 14.9 Å². The zero-order valence-corrected chi connectivity index (χ0v) is 8.31. The van der Waals surface area contributed by atoms with Crippen LogP contribution in [0.15, 0.2) is 24.3 Å². The Bertz CT molecular complexity index is 273. The van der Waals surface area contributed by atoms with Gasteiger partial charge in [0.1, 0.15) is 6.61 Å². The van der Waals surface area contributed by atoms with E-state index in [0.717, 1.165) is 6.42 Å². The Labute approximate surface area is 84.0 Å². The molecule has 3 nitrogen and oxygen atoms in total. The maximum Gasteiger partial charge on any atom is 0.161 e. The van der Waals surface area contributed by atoms with E-state index < -0.39 is 6.10 Å². The van der Waals surface area contributed by atoms with Crippen molar-refractivity contribution in [3.8, 4) is 11.5 Å². The molecule has 0 heterocycles.